The van der Waals surface area contributed by atoms with Crippen LogP contribution in [0.15, 0.2) is 0 Å². The van der Waals surface area contributed by atoms with Gasteiger partial charge in [-0.25, -0.2) is 0 Å². The van der Waals surface area contributed by atoms with Crippen LogP contribution in [-0.2, 0) is 0 Å². The van der Waals surface area contributed by atoms with E-state index in [1.807, 2.05) is 0 Å². The minimum Gasteiger partial charge on any atom is -0.293 e. The van der Waals surface area contributed by atoms with Crippen molar-refractivity contribution in [2.45, 2.75) is 143 Å². The Balaban J connectivity index is 4.24. The van der Waals surface area contributed by atoms with E-state index in [9.17, 15) is 0 Å². The lowest BCUT2D eigenvalue weighted by Crippen LogP contribution is -2.55. The van der Waals surface area contributed by atoms with Gasteiger partial charge in [0.05, 0.1) is 0 Å². The maximum Gasteiger partial charge on any atom is 0.0158 e. The van der Waals surface area contributed by atoms with Crippen LogP contribution in [0.1, 0.15) is 132 Å². The molecular weight excluding hydrogens is 290 g/mol. The number of rotatable bonds is 16. The van der Waals surface area contributed by atoms with Crippen molar-refractivity contribution in [3.05, 3.63) is 0 Å². The lowest BCUT2D eigenvalue weighted by atomic mass is 9.86. The van der Waals surface area contributed by atoms with E-state index in [-0.39, 0.29) is 0 Å². The first-order valence-electron chi connectivity index (χ1n) is 11.1. The maximum absolute atomic E-state index is 2.83. The molecule has 0 N–H and O–H groups in total. The first-order chi connectivity index (χ1) is 11.3. The molecule has 0 aromatic heterocycles. The Morgan fingerprint density at radius 3 is 1.25 bits per heavy atom. The Hall–Kier alpha value is -0.0400. The second-order valence-corrected chi connectivity index (χ2v) is 9.10. The third-order valence-corrected chi connectivity index (χ3v) is 5.67. The quantitative estimate of drug-likeness (QED) is 0.258. The molecule has 0 spiro atoms. The lowest BCUT2D eigenvalue weighted by molar-refractivity contribution is 0.00351. The molecule has 0 amide bonds. The lowest BCUT2D eigenvalue weighted by Gasteiger charge is -2.49. The molecule has 0 radical (unpaired) electrons. The number of unbranched alkanes of at least 4 members (excludes halogenated alkanes) is 8. The average molecular weight is 340 g/mol. The number of hydrogen-bond donors (Lipinski definition) is 0. The van der Waals surface area contributed by atoms with E-state index in [2.05, 4.69) is 53.4 Å². The van der Waals surface area contributed by atoms with Crippen molar-refractivity contribution in [3.63, 3.8) is 0 Å². The summed E-state index contributed by atoms with van der Waals surface area (Å²) in [5, 5.41) is 0. The summed E-state index contributed by atoms with van der Waals surface area (Å²) in [5.41, 5.74) is 0.654. The Morgan fingerprint density at radius 2 is 0.875 bits per heavy atom. The van der Waals surface area contributed by atoms with Crippen molar-refractivity contribution in [3.8, 4) is 0 Å². The zero-order valence-corrected chi connectivity index (χ0v) is 18.3. The highest BCUT2D eigenvalue weighted by Crippen LogP contribution is 2.32. The molecule has 1 heteroatoms. The van der Waals surface area contributed by atoms with Crippen LogP contribution in [-0.4, -0.2) is 22.5 Å². The molecule has 0 saturated carbocycles. The van der Waals surface area contributed by atoms with Crippen molar-refractivity contribution in [1.82, 2.24) is 4.90 Å². The molecule has 1 nitrogen and oxygen atoms in total. The van der Waals surface area contributed by atoms with Crippen molar-refractivity contribution >= 4 is 0 Å². The van der Waals surface area contributed by atoms with E-state index in [0.717, 1.165) is 0 Å². The first kappa shape index (κ1) is 24.0. The van der Waals surface area contributed by atoms with E-state index in [1.165, 1.54) is 90.0 Å². The largest absolute Gasteiger partial charge is 0.293 e. The van der Waals surface area contributed by atoms with Crippen LogP contribution in [0.25, 0.3) is 0 Å². The highest BCUT2D eigenvalue weighted by molar-refractivity contribution is 4.92. The molecule has 0 aliphatic carbocycles. The minimum atomic E-state index is 0.327. The van der Waals surface area contributed by atoms with Crippen LogP contribution < -0.4 is 0 Å². The summed E-state index contributed by atoms with van der Waals surface area (Å²) >= 11 is 0. The monoisotopic (exact) mass is 339 g/mol. The molecule has 0 saturated heterocycles. The first-order valence-corrected chi connectivity index (χ1v) is 11.1. The van der Waals surface area contributed by atoms with Crippen molar-refractivity contribution in [2.24, 2.45) is 0 Å². The van der Waals surface area contributed by atoms with Gasteiger partial charge in [0, 0.05) is 11.1 Å². The van der Waals surface area contributed by atoms with Gasteiger partial charge in [0.1, 0.15) is 0 Å². The Labute approximate surface area is 155 Å². The van der Waals surface area contributed by atoms with Gasteiger partial charge in [0.25, 0.3) is 0 Å². The zero-order chi connectivity index (χ0) is 18.5. The highest BCUT2D eigenvalue weighted by atomic mass is 15.2. The fourth-order valence-electron chi connectivity index (χ4n) is 4.50. The molecular formula is C23H49N. The van der Waals surface area contributed by atoms with Gasteiger partial charge in [-0.2, -0.15) is 0 Å². The predicted molar refractivity (Wildman–Crippen MR) is 112 cm³/mol. The van der Waals surface area contributed by atoms with Crippen LogP contribution in [0.4, 0.5) is 0 Å². The van der Waals surface area contributed by atoms with Crippen LogP contribution >= 0.6 is 0 Å². The maximum atomic E-state index is 2.83. The molecule has 0 unspecified atom stereocenters. The molecule has 24 heavy (non-hydrogen) atoms. The Bertz CT molecular complexity index is 262. The summed E-state index contributed by atoms with van der Waals surface area (Å²) in [6.07, 6.45) is 18.0. The molecule has 0 aromatic rings. The zero-order valence-electron chi connectivity index (χ0n) is 18.3. The normalized spacial score (nSPS) is 13.0. The Kier molecular flexibility index (Phi) is 13.2. The van der Waals surface area contributed by atoms with Gasteiger partial charge in [-0.1, -0.05) is 85.0 Å². The van der Waals surface area contributed by atoms with Gasteiger partial charge in [0.2, 0.25) is 0 Å². The standard InChI is InChI=1S/C23H49N/c1-8-11-12-13-14-15-16-17-18-21-24(22(4,5)19-9-2)23(6,7)20-10-3/h8-21H2,1-7H3. The summed E-state index contributed by atoms with van der Waals surface area (Å²) in [4.78, 5) is 2.83. The molecule has 0 heterocycles. The third-order valence-electron chi connectivity index (χ3n) is 5.67. The molecule has 0 atom stereocenters. The number of nitrogens with zero attached hydrogens (tertiary/aromatic N) is 1. The summed E-state index contributed by atoms with van der Waals surface area (Å²) in [6, 6.07) is 0. The van der Waals surface area contributed by atoms with Crippen LogP contribution in [0.5, 0.6) is 0 Å². The van der Waals surface area contributed by atoms with Gasteiger partial charge in [-0.3, -0.25) is 4.90 Å². The van der Waals surface area contributed by atoms with Crippen LogP contribution in [0.2, 0.25) is 0 Å². The summed E-state index contributed by atoms with van der Waals surface area (Å²) in [5.74, 6) is 0. The third kappa shape index (κ3) is 10.1. The molecule has 0 rings (SSSR count). The van der Waals surface area contributed by atoms with Gasteiger partial charge in [-0.15, -0.1) is 0 Å². The van der Waals surface area contributed by atoms with E-state index >= 15 is 0 Å². The van der Waals surface area contributed by atoms with E-state index in [4.69, 9.17) is 0 Å². The predicted octanol–water partition coefficient (Wildman–Crippen LogP) is 7.98. The molecule has 0 bridgehead atoms. The highest BCUT2D eigenvalue weighted by Gasteiger charge is 2.35. The van der Waals surface area contributed by atoms with Crippen LogP contribution in [0, 0.1) is 0 Å². The SMILES string of the molecule is CCCCCCCCCCCN(C(C)(C)CCC)C(C)(C)CCC. The topological polar surface area (TPSA) is 3.24 Å². The van der Waals surface area contributed by atoms with Gasteiger partial charge < -0.3 is 0 Å². The van der Waals surface area contributed by atoms with Crippen molar-refractivity contribution in [1.29, 1.82) is 0 Å². The second kappa shape index (κ2) is 13.2. The molecule has 0 fully saturated rings. The summed E-state index contributed by atoms with van der Waals surface area (Å²) < 4.78 is 0. The van der Waals surface area contributed by atoms with Crippen LogP contribution in [0.3, 0.4) is 0 Å². The average Bonchev–Trinajstić information content (AvgIpc) is 2.48. The number of hydrogen-bond acceptors (Lipinski definition) is 1. The molecule has 0 aromatic carbocycles. The van der Waals surface area contributed by atoms with Crippen molar-refractivity contribution < 1.29 is 0 Å². The van der Waals surface area contributed by atoms with E-state index in [0.29, 0.717) is 11.1 Å². The van der Waals surface area contributed by atoms with Gasteiger partial charge in [0.15, 0.2) is 0 Å². The second-order valence-electron chi connectivity index (χ2n) is 9.10. The fourth-order valence-corrected chi connectivity index (χ4v) is 4.50. The molecule has 146 valence electrons. The smallest absolute Gasteiger partial charge is 0.0158 e. The van der Waals surface area contributed by atoms with E-state index < -0.39 is 0 Å². The molecule has 0 aliphatic rings. The fraction of sp³-hybridized carbons (Fsp3) is 1.00. The van der Waals surface area contributed by atoms with Gasteiger partial charge in [-0.05, 0) is 53.5 Å². The Morgan fingerprint density at radius 1 is 0.500 bits per heavy atom. The molecule has 0 aliphatic heterocycles. The summed E-state index contributed by atoms with van der Waals surface area (Å²) in [7, 11) is 0. The van der Waals surface area contributed by atoms with E-state index in [1.54, 1.807) is 0 Å². The van der Waals surface area contributed by atoms with Gasteiger partial charge >= 0.3 is 0 Å². The minimum absolute atomic E-state index is 0.327. The summed E-state index contributed by atoms with van der Waals surface area (Å²) in [6.45, 7) is 18.1. The van der Waals surface area contributed by atoms with Crippen molar-refractivity contribution in [2.75, 3.05) is 6.54 Å².